The molecule has 0 bridgehead atoms. The van der Waals surface area contributed by atoms with Gasteiger partial charge in [-0.05, 0) is 36.0 Å². The fourth-order valence-corrected chi connectivity index (χ4v) is 6.31. The molecule has 1 saturated carbocycles. The van der Waals surface area contributed by atoms with Crippen LogP contribution in [0.4, 0.5) is 0 Å². The first-order chi connectivity index (χ1) is 19.1. The number of benzene rings is 1. The van der Waals surface area contributed by atoms with E-state index in [1.807, 2.05) is 60.5 Å². The molecular weight excluding hydrogens is 506 g/mol. The number of amides is 3. The molecule has 3 fully saturated rings. The van der Waals surface area contributed by atoms with E-state index in [2.05, 4.69) is 34.4 Å². The lowest BCUT2D eigenvalue weighted by atomic mass is 9.70. The number of nitrogens with zero attached hydrogens (tertiary/aromatic N) is 3. The van der Waals surface area contributed by atoms with E-state index in [1.165, 1.54) is 0 Å². The molecule has 3 aliphatic rings. The molecule has 1 spiro atoms. The van der Waals surface area contributed by atoms with Gasteiger partial charge in [0, 0.05) is 63.5 Å². The van der Waals surface area contributed by atoms with Gasteiger partial charge in [-0.15, -0.1) is 0 Å². The number of carbonyl (C=O) groups excluding carboxylic acids is 3. The van der Waals surface area contributed by atoms with Crippen LogP contribution in [0.3, 0.4) is 0 Å². The lowest BCUT2D eigenvalue weighted by Gasteiger charge is -2.51. The fraction of sp³-hybridized carbons (Fsp3) is 0.548. The number of hydrogen-bond donors (Lipinski definition) is 2. The van der Waals surface area contributed by atoms with Crippen molar-refractivity contribution in [2.24, 2.45) is 22.7 Å². The first-order valence-corrected chi connectivity index (χ1v) is 14.2. The summed E-state index contributed by atoms with van der Waals surface area (Å²) in [6.07, 6.45) is 3.98. The number of likely N-dealkylation sites (N-methyl/N-ethyl adjacent to an activating group) is 1. The van der Waals surface area contributed by atoms with Crippen LogP contribution in [0.5, 0.6) is 0 Å². The van der Waals surface area contributed by atoms with Gasteiger partial charge in [0.05, 0.1) is 18.6 Å². The topological polar surface area (TPSA) is 104 Å². The number of pyridine rings is 1. The predicted octanol–water partition coefficient (Wildman–Crippen LogP) is 2.22. The maximum atomic E-state index is 13.9. The van der Waals surface area contributed by atoms with E-state index in [1.54, 1.807) is 13.2 Å². The van der Waals surface area contributed by atoms with Crippen LogP contribution in [-0.2, 0) is 32.3 Å². The summed E-state index contributed by atoms with van der Waals surface area (Å²) in [5, 5.41) is 5.70. The molecule has 214 valence electrons. The third-order valence-electron chi connectivity index (χ3n) is 8.95. The Morgan fingerprint density at radius 1 is 1.05 bits per heavy atom. The number of aromatic nitrogens is 1. The smallest absolute Gasteiger partial charge is 0.245 e. The summed E-state index contributed by atoms with van der Waals surface area (Å²) in [5.41, 5.74) is 1.80. The number of nitrogens with one attached hydrogen (secondary N) is 2. The highest BCUT2D eigenvalue weighted by Gasteiger charge is 2.61. The molecule has 1 aliphatic carbocycles. The normalized spacial score (nSPS) is 24.1. The standard InChI is InChI=1S/C31H41N5O4/c1-21(40-17-22-9-6-5-7-10-22)26(28(38)32-4)34-27(37)25-16-35(15-23-11-8-12-33-14-23)18-31(25)19-36(20-31)29(39)24-13-30(24,2)3/h5-12,14,21,24-26H,13,15-20H2,1-4H3,(H,32,38)(H,34,37)/t21-,24-,25+,26+/m1/s1. The molecule has 0 unspecified atom stereocenters. The van der Waals surface area contributed by atoms with Gasteiger partial charge in [0.15, 0.2) is 0 Å². The van der Waals surface area contributed by atoms with E-state index < -0.39 is 12.1 Å². The van der Waals surface area contributed by atoms with E-state index in [9.17, 15) is 14.4 Å². The summed E-state index contributed by atoms with van der Waals surface area (Å²) in [5.74, 6) is -0.545. The first kappa shape index (κ1) is 28.2. The summed E-state index contributed by atoms with van der Waals surface area (Å²) in [7, 11) is 1.56. The van der Waals surface area contributed by atoms with Crippen molar-refractivity contribution >= 4 is 17.7 Å². The largest absolute Gasteiger partial charge is 0.371 e. The Morgan fingerprint density at radius 3 is 2.38 bits per heavy atom. The molecule has 4 atom stereocenters. The van der Waals surface area contributed by atoms with Crippen molar-refractivity contribution in [2.75, 3.05) is 33.2 Å². The van der Waals surface area contributed by atoms with Crippen LogP contribution in [0.1, 0.15) is 38.3 Å². The van der Waals surface area contributed by atoms with Crippen LogP contribution < -0.4 is 10.6 Å². The maximum absolute atomic E-state index is 13.9. The summed E-state index contributed by atoms with van der Waals surface area (Å²) >= 11 is 0. The summed E-state index contributed by atoms with van der Waals surface area (Å²) in [6, 6.07) is 12.9. The van der Waals surface area contributed by atoms with E-state index in [0.29, 0.717) is 39.3 Å². The minimum atomic E-state index is -0.837. The molecule has 5 rings (SSSR count). The van der Waals surface area contributed by atoms with Gasteiger partial charge >= 0.3 is 0 Å². The van der Waals surface area contributed by atoms with Crippen molar-refractivity contribution in [3.05, 3.63) is 66.0 Å². The van der Waals surface area contributed by atoms with E-state index >= 15 is 0 Å². The van der Waals surface area contributed by atoms with Crippen molar-refractivity contribution in [3.8, 4) is 0 Å². The highest BCUT2D eigenvalue weighted by atomic mass is 16.5. The van der Waals surface area contributed by atoms with Gasteiger partial charge in [0.1, 0.15) is 6.04 Å². The molecule has 1 aromatic carbocycles. The molecule has 3 heterocycles. The summed E-state index contributed by atoms with van der Waals surface area (Å²) < 4.78 is 6.02. The van der Waals surface area contributed by atoms with Crippen LogP contribution in [0.2, 0.25) is 0 Å². The van der Waals surface area contributed by atoms with Crippen LogP contribution in [-0.4, -0.2) is 77.9 Å². The zero-order chi connectivity index (χ0) is 28.5. The molecule has 3 amide bonds. The second kappa shape index (κ2) is 11.3. The fourth-order valence-electron chi connectivity index (χ4n) is 6.31. The van der Waals surface area contributed by atoms with Gasteiger partial charge in [-0.25, -0.2) is 0 Å². The Hall–Kier alpha value is -3.30. The van der Waals surface area contributed by atoms with Gasteiger partial charge < -0.3 is 20.3 Å². The minimum Gasteiger partial charge on any atom is -0.371 e. The van der Waals surface area contributed by atoms with Gasteiger partial charge in [-0.2, -0.15) is 0 Å². The Labute approximate surface area is 236 Å². The lowest BCUT2D eigenvalue weighted by molar-refractivity contribution is -0.152. The molecule has 0 radical (unpaired) electrons. The van der Waals surface area contributed by atoms with Gasteiger partial charge in [-0.1, -0.05) is 50.2 Å². The number of carbonyl (C=O) groups is 3. The van der Waals surface area contributed by atoms with Crippen molar-refractivity contribution in [2.45, 2.75) is 52.5 Å². The average Bonchev–Trinajstić information content (AvgIpc) is 3.41. The highest BCUT2D eigenvalue weighted by molar-refractivity contribution is 5.90. The van der Waals surface area contributed by atoms with E-state index in [4.69, 9.17) is 4.74 Å². The first-order valence-electron chi connectivity index (χ1n) is 14.2. The van der Waals surface area contributed by atoms with Crippen LogP contribution in [0.15, 0.2) is 54.9 Å². The summed E-state index contributed by atoms with van der Waals surface area (Å²) in [4.78, 5) is 48.3. The molecule has 9 heteroatoms. The molecule has 2 aliphatic heterocycles. The number of hydrogen-bond acceptors (Lipinski definition) is 6. The molecule has 9 nitrogen and oxygen atoms in total. The number of likely N-dealkylation sites (tertiary alicyclic amines) is 2. The van der Waals surface area contributed by atoms with Crippen LogP contribution in [0.25, 0.3) is 0 Å². The second-order valence-electron chi connectivity index (χ2n) is 12.5. The molecular formula is C31H41N5O4. The number of rotatable bonds is 10. The van der Waals surface area contributed by atoms with Gasteiger partial charge in [-0.3, -0.25) is 24.3 Å². The molecule has 1 aromatic heterocycles. The van der Waals surface area contributed by atoms with Crippen LogP contribution in [0, 0.1) is 22.7 Å². The zero-order valence-corrected chi connectivity index (χ0v) is 23.9. The molecule has 2 N–H and O–H groups in total. The quantitative estimate of drug-likeness (QED) is 0.473. The SMILES string of the molecule is CNC(=O)[C@@H](NC(=O)[C@@H]1CN(Cc2cccnc2)CC12CN(C(=O)[C@H]1CC1(C)C)C2)[C@@H](C)OCc1ccccc1. The van der Waals surface area contributed by atoms with E-state index in [0.717, 1.165) is 17.5 Å². The zero-order valence-electron chi connectivity index (χ0n) is 23.9. The Bertz CT molecular complexity index is 1210. The lowest BCUT2D eigenvalue weighted by Crippen LogP contribution is -2.65. The third kappa shape index (κ3) is 5.90. The predicted molar refractivity (Wildman–Crippen MR) is 151 cm³/mol. The second-order valence-corrected chi connectivity index (χ2v) is 12.5. The highest BCUT2D eigenvalue weighted by Crippen LogP contribution is 2.54. The Balaban J connectivity index is 1.29. The molecule has 40 heavy (non-hydrogen) atoms. The monoisotopic (exact) mass is 547 g/mol. The summed E-state index contributed by atoms with van der Waals surface area (Å²) in [6.45, 7) is 9.47. The Morgan fingerprint density at radius 2 is 1.75 bits per heavy atom. The van der Waals surface area contributed by atoms with E-state index in [-0.39, 0.29) is 40.4 Å². The molecule has 2 saturated heterocycles. The number of ether oxygens (including phenoxy) is 1. The van der Waals surface area contributed by atoms with Crippen molar-refractivity contribution in [1.82, 2.24) is 25.4 Å². The maximum Gasteiger partial charge on any atom is 0.245 e. The average molecular weight is 548 g/mol. The molecule has 2 aromatic rings. The van der Waals surface area contributed by atoms with Gasteiger partial charge in [0.25, 0.3) is 0 Å². The van der Waals surface area contributed by atoms with Crippen molar-refractivity contribution < 1.29 is 19.1 Å². The van der Waals surface area contributed by atoms with Crippen molar-refractivity contribution in [3.63, 3.8) is 0 Å². The minimum absolute atomic E-state index is 0.0647. The Kier molecular flexibility index (Phi) is 7.97. The van der Waals surface area contributed by atoms with Crippen molar-refractivity contribution in [1.29, 1.82) is 0 Å². The van der Waals surface area contributed by atoms with Gasteiger partial charge in [0.2, 0.25) is 17.7 Å². The van der Waals surface area contributed by atoms with Crippen LogP contribution >= 0.6 is 0 Å². The third-order valence-corrected chi connectivity index (χ3v) is 8.95.